The van der Waals surface area contributed by atoms with E-state index in [2.05, 4.69) is 9.97 Å². The van der Waals surface area contributed by atoms with Crippen LogP contribution in [0.15, 0.2) is 23.2 Å². The molecule has 1 aromatic heterocycles. The first-order valence-corrected chi connectivity index (χ1v) is 11.1. The summed E-state index contributed by atoms with van der Waals surface area (Å²) < 4.78 is 66.5. The third-order valence-corrected chi connectivity index (χ3v) is 6.14. The van der Waals surface area contributed by atoms with Gasteiger partial charge in [-0.2, -0.15) is 0 Å². The Bertz CT molecular complexity index is 968. The molecule has 2 aromatic rings. The Kier molecular flexibility index (Phi) is 5.80. The number of ether oxygens (including phenoxy) is 1. The molecular formula is C18H21ClF3N3O2S. The quantitative estimate of drug-likeness (QED) is 0.674. The lowest BCUT2D eigenvalue weighted by Crippen LogP contribution is -2.30. The van der Waals surface area contributed by atoms with Gasteiger partial charge in [0.25, 0.3) is 0 Å². The fourth-order valence-corrected chi connectivity index (χ4v) is 4.39. The summed E-state index contributed by atoms with van der Waals surface area (Å²) in [6.45, 7) is 1.64. The van der Waals surface area contributed by atoms with Gasteiger partial charge in [0, 0.05) is 24.8 Å². The minimum atomic E-state index is -3.07. The lowest BCUT2D eigenvalue weighted by molar-refractivity contribution is -0.0938. The molecule has 5 nitrogen and oxygen atoms in total. The van der Waals surface area contributed by atoms with Crippen molar-refractivity contribution in [3.8, 4) is 0 Å². The fraction of sp³-hybridized carbons (Fsp3) is 0.500. The van der Waals surface area contributed by atoms with Crippen LogP contribution in [-0.2, 0) is 14.5 Å². The average Bonchev–Trinajstić information content (AvgIpc) is 2.98. The van der Waals surface area contributed by atoms with Crippen LogP contribution >= 0.6 is 11.6 Å². The Morgan fingerprint density at radius 3 is 2.57 bits per heavy atom. The summed E-state index contributed by atoms with van der Waals surface area (Å²) in [6.07, 6.45) is -0.220. The molecule has 154 valence electrons. The van der Waals surface area contributed by atoms with E-state index in [0.29, 0.717) is 11.3 Å². The van der Waals surface area contributed by atoms with Crippen LogP contribution in [0.25, 0.3) is 0 Å². The molecule has 1 heterocycles. The lowest BCUT2D eigenvalue weighted by atomic mass is 9.94. The molecule has 28 heavy (non-hydrogen) atoms. The molecule has 3 rings (SSSR count). The zero-order chi connectivity index (χ0) is 20.7. The maximum absolute atomic E-state index is 13.6. The highest BCUT2D eigenvalue weighted by atomic mass is 35.5. The first-order valence-electron chi connectivity index (χ1n) is 8.75. The Morgan fingerprint density at radius 2 is 2.04 bits per heavy atom. The van der Waals surface area contributed by atoms with E-state index in [1.54, 1.807) is 6.92 Å². The molecule has 2 atom stereocenters. The van der Waals surface area contributed by atoms with E-state index in [-0.39, 0.29) is 41.6 Å². The minimum Gasteiger partial charge on any atom is -0.362 e. The summed E-state index contributed by atoms with van der Waals surface area (Å²) in [7, 11) is -3.07. The maximum Gasteiger partial charge on any atom is 0.248 e. The van der Waals surface area contributed by atoms with Crippen LogP contribution in [0.1, 0.15) is 48.9 Å². The van der Waals surface area contributed by atoms with Crippen LogP contribution in [0.3, 0.4) is 0 Å². The predicted octanol–water partition coefficient (Wildman–Crippen LogP) is 5.23. The van der Waals surface area contributed by atoms with Crippen LogP contribution in [0.5, 0.6) is 0 Å². The van der Waals surface area contributed by atoms with E-state index in [4.69, 9.17) is 21.1 Å². The number of aryl methyl sites for hydroxylation is 1. The Balaban J connectivity index is 1.96. The number of nitrogens with zero attached hydrogens (tertiary/aromatic N) is 1. The molecule has 0 saturated heterocycles. The number of hydrogen-bond acceptors (Lipinski definition) is 4. The zero-order valence-electron chi connectivity index (χ0n) is 15.4. The van der Waals surface area contributed by atoms with Crippen molar-refractivity contribution >= 4 is 21.3 Å². The molecule has 0 aliphatic heterocycles. The Hall–Kier alpha value is -1.58. The zero-order valence-corrected chi connectivity index (χ0v) is 17.0. The SMILES string of the molecule is Cc1[nH]c(C(OC2CCC(F)(F)CC2)c2ccc(F)c(Cl)c2)nc1[S@](C)(=N)=O. The third-order valence-electron chi connectivity index (χ3n) is 4.71. The fourth-order valence-electron chi connectivity index (χ4n) is 3.29. The van der Waals surface area contributed by atoms with Gasteiger partial charge >= 0.3 is 0 Å². The van der Waals surface area contributed by atoms with Crippen molar-refractivity contribution in [1.82, 2.24) is 9.97 Å². The number of aromatic nitrogens is 2. The number of nitrogens with one attached hydrogen (secondary N) is 2. The summed E-state index contributed by atoms with van der Waals surface area (Å²) in [4.78, 5) is 7.24. The van der Waals surface area contributed by atoms with Crippen LogP contribution in [0.2, 0.25) is 5.02 Å². The van der Waals surface area contributed by atoms with Crippen molar-refractivity contribution in [2.45, 2.75) is 55.8 Å². The van der Waals surface area contributed by atoms with Gasteiger partial charge in [0.05, 0.1) is 20.9 Å². The number of rotatable bonds is 5. The standard InChI is InChI=1S/C18H21ClF3N3O2S/c1-10-17(28(2,23)26)25-16(24-10)15(11-3-4-14(20)13(19)9-11)27-12-5-7-18(21,22)8-6-12/h3-4,9,12,15,23H,5-8H2,1-2H3,(H,24,25)/t15?,28-/m1/s1. The Labute approximate surface area is 166 Å². The van der Waals surface area contributed by atoms with Crippen molar-refractivity contribution in [2.75, 3.05) is 6.26 Å². The van der Waals surface area contributed by atoms with E-state index in [1.807, 2.05) is 0 Å². The number of imidazole rings is 1. The second-order valence-electron chi connectivity index (χ2n) is 7.14. The largest absolute Gasteiger partial charge is 0.362 e. The predicted molar refractivity (Wildman–Crippen MR) is 99.9 cm³/mol. The van der Waals surface area contributed by atoms with E-state index < -0.39 is 33.7 Å². The van der Waals surface area contributed by atoms with Gasteiger partial charge in [0.2, 0.25) is 5.92 Å². The van der Waals surface area contributed by atoms with Gasteiger partial charge in [-0.15, -0.1) is 0 Å². The van der Waals surface area contributed by atoms with E-state index in [1.165, 1.54) is 24.5 Å². The molecule has 1 fully saturated rings. The van der Waals surface area contributed by atoms with E-state index in [0.717, 1.165) is 0 Å². The third kappa shape index (κ3) is 4.69. The summed E-state index contributed by atoms with van der Waals surface area (Å²) in [5.74, 6) is -3.02. The van der Waals surface area contributed by atoms with Crippen molar-refractivity contribution in [2.24, 2.45) is 0 Å². The normalized spacial score (nSPS) is 20.6. The van der Waals surface area contributed by atoms with Crippen LogP contribution < -0.4 is 0 Å². The lowest BCUT2D eigenvalue weighted by Gasteiger charge is -2.31. The van der Waals surface area contributed by atoms with Gasteiger partial charge in [0.1, 0.15) is 17.7 Å². The number of aromatic amines is 1. The van der Waals surface area contributed by atoms with E-state index in [9.17, 15) is 17.4 Å². The monoisotopic (exact) mass is 435 g/mol. The molecule has 1 saturated carbocycles. The van der Waals surface area contributed by atoms with Crippen molar-refractivity contribution in [3.63, 3.8) is 0 Å². The molecule has 0 amide bonds. The number of alkyl halides is 2. The van der Waals surface area contributed by atoms with E-state index >= 15 is 0 Å². The number of halogens is 4. The molecule has 0 radical (unpaired) electrons. The number of benzene rings is 1. The molecule has 0 spiro atoms. The molecule has 1 aromatic carbocycles. The highest BCUT2D eigenvalue weighted by Crippen LogP contribution is 2.38. The summed E-state index contributed by atoms with van der Waals surface area (Å²) in [6, 6.07) is 4.05. The van der Waals surface area contributed by atoms with Gasteiger partial charge in [-0.3, -0.25) is 0 Å². The van der Waals surface area contributed by atoms with Crippen LogP contribution in [-0.4, -0.2) is 32.5 Å². The number of hydrogen-bond donors (Lipinski definition) is 2. The highest BCUT2D eigenvalue weighted by molar-refractivity contribution is 7.91. The molecule has 10 heteroatoms. The highest BCUT2D eigenvalue weighted by Gasteiger charge is 2.37. The smallest absolute Gasteiger partial charge is 0.248 e. The van der Waals surface area contributed by atoms with Gasteiger partial charge in [-0.1, -0.05) is 17.7 Å². The summed E-state index contributed by atoms with van der Waals surface area (Å²) in [5, 5.41) is -0.0101. The van der Waals surface area contributed by atoms with Gasteiger partial charge in [-0.25, -0.2) is 27.1 Å². The van der Waals surface area contributed by atoms with Gasteiger partial charge < -0.3 is 9.72 Å². The molecule has 1 aliphatic rings. The molecule has 2 N–H and O–H groups in total. The topological polar surface area (TPSA) is 78.8 Å². The minimum absolute atomic E-state index is 0.0967. The Morgan fingerprint density at radius 1 is 1.39 bits per heavy atom. The molecule has 1 aliphatic carbocycles. The maximum atomic E-state index is 13.6. The second-order valence-corrected chi connectivity index (χ2v) is 9.62. The van der Waals surface area contributed by atoms with Gasteiger partial charge in [0.15, 0.2) is 5.03 Å². The summed E-state index contributed by atoms with van der Waals surface area (Å²) in [5.41, 5.74) is 0.936. The molecular weight excluding hydrogens is 415 g/mol. The van der Waals surface area contributed by atoms with Crippen LogP contribution in [0, 0.1) is 17.5 Å². The van der Waals surface area contributed by atoms with Crippen molar-refractivity contribution in [1.29, 1.82) is 4.78 Å². The van der Waals surface area contributed by atoms with Crippen molar-refractivity contribution in [3.05, 3.63) is 46.1 Å². The number of H-pyrrole nitrogens is 1. The van der Waals surface area contributed by atoms with Crippen LogP contribution in [0.4, 0.5) is 13.2 Å². The molecule has 1 unspecified atom stereocenters. The first kappa shape index (κ1) is 21.1. The summed E-state index contributed by atoms with van der Waals surface area (Å²) >= 11 is 5.90. The first-order chi connectivity index (χ1) is 13.0. The van der Waals surface area contributed by atoms with Crippen molar-refractivity contribution < 1.29 is 22.1 Å². The molecule has 0 bridgehead atoms. The second kappa shape index (κ2) is 7.68. The average molecular weight is 436 g/mol. The van der Waals surface area contributed by atoms with Gasteiger partial charge in [-0.05, 0) is 37.5 Å².